The zero-order valence-electron chi connectivity index (χ0n) is 11.4. The molecule has 2 heteroatoms. The molecule has 1 fully saturated rings. The standard InChI is InChI=1S/C15H26O2/c1-11-5-4-6-12-7-8-13(9-14(11,12)2)15(3,17)10-16/h7,11,13,16-17H,4-6,8-10H2,1-3H3/t11-,13+,14+,15+/m0/s1. The minimum atomic E-state index is -0.928. The second-order valence-corrected chi connectivity index (χ2v) is 6.59. The number of allylic oxidation sites excluding steroid dienone is 2. The van der Waals surface area contributed by atoms with Crippen molar-refractivity contribution in [2.24, 2.45) is 17.3 Å². The van der Waals surface area contributed by atoms with Crippen molar-refractivity contribution in [1.29, 1.82) is 0 Å². The Morgan fingerprint density at radius 3 is 2.88 bits per heavy atom. The molecule has 0 unspecified atom stereocenters. The van der Waals surface area contributed by atoms with Crippen LogP contribution in [0.15, 0.2) is 11.6 Å². The first-order valence-electron chi connectivity index (χ1n) is 6.93. The first-order valence-corrected chi connectivity index (χ1v) is 6.93. The lowest BCUT2D eigenvalue weighted by Gasteiger charge is -2.49. The Labute approximate surface area is 105 Å². The molecule has 0 heterocycles. The molecule has 0 spiro atoms. The highest BCUT2D eigenvalue weighted by Crippen LogP contribution is 2.53. The Bertz CT molecular complexity index is 319. The average molecular weight is 238 g/mol. The van der Waals surface area contributed by atoms with E-state index in [2.05, 4.69) is 19.9 Å². The van der Waals surface area contributed by atoms with Gasteiger partial charge in [0, 0.05) is 0 Å². The van der Waals surface area contributed by atoms with Crippen LogP contribution in [0.3, 0.4) is 0 Å². The van der Waals surface area contributed by atoms with Crippen LogP contribution in [0.2, 0.25) is 0 Å². The van der Waals surface area contributed by atoms with Crippen molar-refractivity contribution >= 4 is 0 Å². The van der Waals surface area contributed by atoms with Crippen molar-refractivity contribution in [3.8, 4) is 0 Å². The molecule has 0 amide bonds. The van der Waals surface area contributed by atoms with Crippen molar-refractivity contribution in [1.82, 2.24) is 0 Å². The maximum absolute atomic E-state index is 10.3. The van der Waals surface area contributed by atoms with E-state index in [0.29, 0.717) is 5.92 Å². The summed E-state index contributed by atoms with van der Waals surface area (Å²) in [5.74, 6) is 0.890. The first kappa shape index (κ1) is 13.1. The number of aliphatic hydroxyl groups is 2. The van der Waals surface area contributed by atoms with Crippen molar-refractivity contribution in [3.63, 3.8) is 0 Å². The summed E-state index contributed by atoms with van der Waals surface area (Å²) in [5.41, 5.74) is 0.920. The fourth-order valence-electron chi connectivity index (χ4n) is 3.67. The van der Waals surface area contributed by atoms with Crippen molar-refractivity contribution in [3.05, 3.63) is 11.6 Å². The average Bonchev–Trinajstić information content (AvgIpc) is 2.30. The summed E-state index contributed by atoms with van der Waals surface area (Å²) in [6, 6.07) is 0. The molecule has 1 saturated carbocycles. The third kappa shape index (κ3) is 2.17. The normalized spacial score (nSPS) is 41.4. The van der Waals surface area contributed by atoms with Gasteiger partial charge in [0.25, 0.3) is 0 Å². The van der Waals surface area contributed by atoms with E-state index >= 15 is 0 Å². The summed E-state index contributed by atoms with van der Waals surface area (Å²) < 4.78 is 0. The predicted octanol–water partition coefficient (Wildman–Crippen LogP) is 2.89. The largest absolute Gasteiger partial charge is 0.393 e. The monoisotopic (exact) mass is 238 g/mol. The third-order valence-electron chi connectivity index (χ3n) is 5.42. The molecular formula is C15H26O2. The van der Waals surface area contributed by atoms with Gasteiger partial charge in [-0.2, -0.15) is 0 Å². The highest BCUT2D eigenvalue weighted by atomic mass is 16.3. The Morgan fingerprint density at radius 2 is 2.24 bits per heavy atom. The van der Waals surface area contributed by atoms with E-state index in [4.69, 9.17) is 0 Å². The van der Waals surface area contributed by atoms with Crippen molar-refractivity contribution in [2.75, 3.05) is 6.61 Å². The highest BCUT2D eigenvalue weighted by molar-refractivity contribution is 5.22. The maximum Gasteiger partial charge on any atom is 0.0880 e. The van der Waals surface area contributed by atoms with E-state index in [9.17, 15) is 10.2 Å². The molecule has 0 aromatic heterocycles. The highest BCUT2D eigenvalue weighted by Gasteiger charge is 2.45. The minimum absolute atomic E-state index is 0.134. The molecule has 2 N–H and O–H groups in total. The van der Waals surface area contributed by atoms with Gasteiger partial charge in [0.1, 0.15) is 0 Å². The SMILES string of the molecule is C[C@H]1CCCC2=CC[C@@H]([C@](C)(O)CO)C[C@@]21C. The summed E-state index contributed by atoms with van der Waals surface area (Å²) >= 11 is 0. The van der Waals surface area contributed by atoms with Crippen LogP contribution in [0.4, 0.5) is 0 Å². The van der Waals surface area contributed by atoms with Crippen LogP contribution in [0.5, 0.6) is 0 Å². The van der Waals surface area contributed by atoms with E-state index in [1.807, 2.05) is 0 Å². The summed E-state index contributed by atoms with van der Waals surface area (Å²) in [6.07, 6.45) is 8.12. The Morgan fingerprint density at radius 1 is 1.53 bits per heavy atom. The quantitative estimate of drug-likeness (QED) is 0.726. The lowest BCUT2D eigenvalue weighted by Crippen LogP contribution is -2.45. The topological polar surface area (TPSA) is 40.5 Å². The van der Waals surface area contributed by atoms with Gasteiger partial charge in [-0.3, -0.25) is 0 Å². The summed E-state index contributed by atoms with van der Waals surface area (Å²) in [4.78, 5) is 0. The van der Waals surface area contributed by atoms with Crippen LogP contribution in [-0.4, -0.2) is 22.4 Å². The minimum Gasteiger partial charge on any atom is -0.393 e. The molecule has 98 valence electrons. The Hall–Kier alpha value is -0.340. The smallest absolute Gasteiger partial charge is 0.0880 e. The number of hydrogen-bond acceptors (Lipinski definition) is 2. The first-order chi connectivity index (χ1) is 7.90. The van der Waals surface area contributed by atoms with Gasteiger partial charge in [-0.25, -0.2) is 0 Å². The summed E-state index contributed by atoms with van der Waals surface area (Å²) in [7, 11) is 0. The Balaban J connectivity index is 2.24. The van der Waals surface area contributed by atoms with Gasteiger partial charge in [0.15, 0.2) is 0 Å². The number of rotatable bonds is 2. The van der Waals surface area contributed by atoms with Gasteiger partial charge in [-0.1, -0.05) is 25.5 Å². The maximum atomic E-state index is 10.3. The molecule has 4 atom stereocenters. The van der Waals surface area contributed by atoms with Crippen molar-refractivity contribution < 1.29 is 10.2 Å². The van der Waals surface area contributed by atoms with E-state index < -0.39 is 5.60 Å². The zero-order valence-corrected chi connectivity index (χ0v) is 11.4. The van der Waals surface area contributed by atoms with Gasteiger partial charge in [0.05, 0.1) is 12.2 Å². The summed E-state index contributed by atoms with van der Waals surface area (Å²) in [6.45, 7) is 6.32. The van der Waals surface area contributed by atoms with Gasteiger partial charge in [0.2, 0.25) is 0 Å². The molecule has 2 aliphatic rings. The van der Waals surface area contributed by atoms with Gasteiger partial charge in [-0.05, 0) is 56.3 Å². The molecule has 0 saturated heterocycles. The Kier molecular flexibility index (Phi) is 3.39. The van der Waals surface area contributed by atoms with Gasteiger partial charge in [-0.15, -0.1) is 0 Å². The van der Waals surface area contributed by atoms with Crippen LogP contribution in [0.25, 0.3) is 0 Å². The number of hydrogen-bond donors (Lipinski definition) is 2. The molecule has 0 aromatic carbocycles. The van der Waals surface area contributed by atoms with Crippen LogP contribution >= 0.6 is 0 Å². The molecule has 0 radical (unpaired) electrons. The predicted molar refractivity (Wildman–Crippen MR) is 69.6 cm³/mol. The van der Waals surface area contributed by atoms with E-state index in [1.54, 1.807) is 12.5 Å². The van der Waals surface area contributed by atoms with Crippen LogP contribution in [0, 0.1) is 17.3 Å². The third-order valence-corrected chi connectivity index (χ3v) is 5.42. The zero-order chi connectivity index (χ0) is 12.7. The lowest BCUT2D eigenvalue weighted by molar-refractivity contribution is -0.0662. The second-order valence-electron chi connectivity index (χ2n) is 6.59. The van der Waals surface area contributed by atoms with E-state index in [-0.39, 0.29) is 17.9 Å². The van der Waals surface area contributed by atoms with Crippen LogP contribution < -0.4 is 0 Å². The second kappa shape index (κ2) is 4.40. The lowest BCUT2D eigenvalue weighted by atomic mass is 9.57. The molecule has 2 nitrogen and oxygen atoms in total. The van der Waals surface area contributed by atoms with Crippen molar-refractivity contribution in [2.45, 2.75) is 58.5 Å². The molecule has 0 aliphatic heterocycles. The number of fused-ring (bicyclic) bond motifs is 1. The van der Waals surface area contributed by atoms with Crippen LogP contribution in [-0.2, 0) is 0 Å². The van der Waals surface area contributed by atoms with Gasteiger partial charge < -0.3 is 10.2 Å². The molecule has 2 aliphatic carbocycles. The van der Waals surface area contributed by atoms with E-state index in [0.717, 1.165) is 12.8 Å². The molecule has 2 rings (SSSR count). The fraction of sp³-hybridized carbons (Fsp3) is 0.867. The van der Waals surface area contributed by atoms with E-state index in [1.165, 1.54) is 19.3 Å². The molecule has 0 aromatic rings. The molecule has 17 heavy (non-hydrogen) atoms. The summed E-state index contributed by atoms with van der Waals surface area (Å²) in [5, 5.41) is 19.6. The van der Waals surface area contributed by atoms with Crippen LogP contribution in [0.1, 0.15) is 52.9 Å². The molecular weight excluding hydrogens is 212 g/mol. The van der Waals surface area contributed by atoms with Gasteiger partial charge >= 0.3 is 0 Å². The molecule has 0 bridgehead atoms. The fourth-order valence-corrected chi connectivity index (χ4v) is 3.67. The number of aliphatic hydroxyl groups excluding tert-OH is 1.